The zero-order valence-electron chi connectivity index (χ0n) is 16.1. The summed E-state index contributed by atoms with van der Waals surface area (Å²) >= 11 is 1.85. The van der Waals surface area contributed by atoms with Crippen molar-refractivity contribution in [2.24, 2.45) is 0 Å². The zero-order chi connectivity index (χ0) is 18.9. The topological polar surface area (TPSA) is 51.8 Å². The fourth-order valence-corrected chi connectivity index (χ4v) is 5.34. The Morgan fingerprint density at radius 2 is 2.04 bits per heavy atom. The molecular formula is C21H27N5OS. The van der Waals surface area contributed by atoms with E-state index in [-0.39, 0.29) is 12.3 Å². The Kier molecular flexibility index (Phi) is 4.98. The molecule has 0 aliphatic carbocycles. The number of thiophene rings is 1. The summed E-state index contributed by atoms with van der Waals surface area (Å²) in [5, 5.41) is 12.3. The van der Waals surface area contributed by atoms with E-state index in [9.17, 15) is 0 Å². The molecule has 3 N–H and O–H groups in total. The van der Waals surface area contributed by atoms with Gasteiger partial charge in [-0.15, -0.1) is 11.3 Å². The maximum Gasteiger partial charge on any atom is 0.138 e. The van der Waals surface area contributed by atoms with Crippen molar-refractivity contribution < 1.29 is 4.74 Å². The van der Waals surface area contributed by atoms with E-state index in [1.54, 1.807) is 0 Å². The largest absolute Gasteiger partial charge is 0.379 e. The number of nitrogens with one attached hydrogen (secondary N) is 3. The lowest BCUT2D eigenvalue weighted by Crippen LogP contribution is -2.59. The number of hydrogen-bond donors (Lipinski definition) is 3. The lowest BCUT2D eigenvalue weighted by atomic mass is 10.1. The molecular weight excluding hydrogens is 370 g/mol. The molecule has 5 rings (SSSR count). The van der Waals surface area contributed by atoms with Crippen LogP contribution in [0.3, 0.4) is 0 Å². The zero-order valence-corrected chi connectivity index (χ0v) is 17.0. The van der Waals surface area contributed by atoms with Crippen LogP contribution in [0.5, 0.6) is 0 Å². The number of hydrogen-bond acceptors (Lipinski definition) is 7. The van der Waals surface area contributed by atoms with Gasteiger partial charge in [-0.3, -0.25) is 10.2 Å². The summed E-state index contributed by atoms with van der Waals surface area (Å²) in [5.41, 5.74) is 3.74. The van der Waals surface area contributed by atoms with Crippen LogP contribution in [0, 0.1) is 0 Å². The number of ether oxygens (including phenoxy) is 1. The van der Waals surface area contributed by atoms with Gasteiger partial charge in [-0.25, -0.2) is 0 Å². The molecule has 1 aromatic heterocycles. The van der Waals surface area contributed by atoms with Gasteiger partial charge in [0.1, 0.15) is 17.3 Å². The van der Waals surface area contributed by atoms with Gasteiger partial charge in [0.2, 0.25) is 0 Å². The molecule has 1 fully saturated rings. The minimum Gasteiger partial charge on any atom is -0.379 e. The molecule has 0 saturated carbocycles. The highest BCUT2D eigenvalue weighted by atomic mass is 32.1. The summed E-state index contributed by atoms with van der Waals surface area (Å²) in [5.74, 6) is 0. The first-order valence-corrected chi connectivity index (χ1v) is 10.8. The average Bonchev–Trinajstić information content (AvgIpc) is 3.33. The van der Waals surface area contributed by atoms with Gasteiger partial charge in [0.05, 0.1) is 18.9 Å². The predicted molar refractivity (Wildman–Crippen MR) is 116 cm³/mol. The van der Waals surface area contributed by atoms with Crippen molar-refractivity contribution >= 4 is 22.0 Å². The van der Waals surface area contributed by atoms with Gasteiger partial charge in [-0.05, 0) is 18.6 Å². The molecule has 2 aromatic rings. The van der Waals surface area contributed by atoms with Crippen molar-refractivity contribution in [3.05, 3.63) is 48.3 Å². The van der Waals surface area contributed by atoms with E-state index in [0.29, 0.717) is 0 Å². The number of benzene rings is 1. The number of nitrogens with zero attached hydrogens (tertiary/aromatic N) is 2. The Hall–Kier alpha value is -2.06. The van der Waals surface area contributed by atoms with Crippen LogP contribution in [0.4, 0.5) is 10.7 Å². The van der Waals surface area contributed by atoms with Gasteiger partial charge in [0.15, 0.2) is 0 Å². The monoisotopic (exact) mass is 397 g/mol. The molecule has 0 amide bonds. The molecule has 3 aliphatic rings. The van der Waals surface area contributed by atoms with Crippen molar-refractivity contribution in [1.82, 2.24) is 15.5 Å². The smallest absolute Gasteiger partial charge is 0.138 e. The lowest BCUT2D eigenvalue weighted by Gasteiger charge is -2.40. The van der Waals surface area contributed by atoms with Crippen LogP contribution in [-0.4, -0.2) is 56.6 Å². The van der Waals surface area contributed by atoms with Crippen LogP contribution in [0.15, 0.2) is 48.3 Å². The van der Waals surface area contributed by atoms with E-state index in [2.05, 4.69) is 75.3 Å². The molecule has 2 atom stereocenters. The van der Waals surface area contributed by atoms with E-state index in [1.807, 2.05) is 11.3 Å². The SMILES string of the molecule is CC1=CNC2C(NCCN3CCOCC3)Nc3cc(-c4ccccc4)sc3N12. The summed E-state index contributed by atoms with van der Waals surface area (Å²) in [6.07, 6.45) is 2.47. The predicted octanol–water partition coefficient (Wildman–Crippen LogP) is 2.69. The molecule has 3 aliphatic heterocycles. The van der Waals surface area contributed by atoms with Crippen LogP contribution in [-0.2, 0) is 4.74 Å². The van der Waals surface area contributed by atoms with Gasteiger partial charge >= 0.3 is 0 Å². The average molecular weight is 398 g/mol. The summed E-state index contributed by atoms with van der Waals surface area (Å²) < 4.78 is 5.45. The van der Waals surface area contributed by atoms with Crippen LogP contribution in [0.1, 0.15) is 6.92 Å². The van der Waals surface area contributed by atoms with Crippen molar-refractivity contribution in [3.63, 3.8) is 0 Å². The minimum atomic E-state index is 0.153. The maximum atomic E-state index is 5.45. The molecule has 2 unspecified atom stereocenters. The summed E-state index contributed by atoms with van der Waals surface area (Å²) in [6, 6.07) is 12.9. The second-order valence-corrected chi connectivity index (χ2v) is 8.52. The van der Waals surface area contributed by atoms with Gasteiger partial charge in [0.25, 0.3) is 0 Å². The number of allylic oxidation sites excluding steroid dienone is 1. The Balaban J connectivity index is 1.33. The van der Waals surface area contributed by atoms with Gasteiger partial charge in [-0.2, -0.15) is 0 Å². The molecule has 0 radical (unpaired) electrons. The number of fused-ring (bicyclic) bond motifs is 3. The Bertz CT molecular complexity index is 846. The fraction of sp³-hybridized carbons (Fsp3) is 0.429. The van der Waals surface area contributed by atoms with E-state index in [0.717, 1.165) is 39.4 Å². The number of rotatable bonds is 5. The highest BCUT2D eigenvalue weighted by Gasteiger charge is 2.38. The Morgan fingerprint density at radius 3 is 2.86 bits per heavy atom. The number of anilines is 2. The lowest BCUT2D eigenvalue weighted by molar-refractivity contribution is 0.0381. The van der Waals surface area contributed by atoms with Gasteiger partial charge in [-0.1, -0.05) is 30.3 Å². The second kappa shape index (κ2) is 7.75. The molecule has 6 nitrogen and oxygen atoms in total. The van der Waals surface area contributed by atoms with E-state index < -0.39 is 0 Å². The van der Waals surface area contributed by atoms with Crippen LogP contribution < -0.4 is 20.9 Å². The first-order valence-electron chi connectivity index (χ1n) is 10.0. The standard InChI is InChI=1S/C21H27N5OS/c1-15-14-23-20-19(22-7-8-25-9-11-27-12-10-25)24-17-13-18(28-21(17)26(15)20)16-5-3-2-4-6-16/h2-6,13-14,19-20,22-24H,7-12H2,1H3. The second-order valence-electron chi connectivity index (χ2n) is 7.49. The first kappa shape index (κ1) is 18.0. The summed E-state index contributed by atoms with van der Waals surface area (Å²) in [4.78, 5) is 6.19. The third kappa shape index (κ3) is 3.39. The first-order chi connectivity index (χ1) is 13.8. The minimum absolute atomic E-state index is 0.153. The normalized spacial score (nSPS) is 24.2. The van der Waals surface area contributed by atoms with E-state index in [4.69, 9.17) is 4.74 Å². The third-order valence-corrected chi connectivity index (χ3v) is 6.82. The molecule has 1 saturated heterocycles. The van der Waals surface area contributed by atoms with Crippen molar-refractivity contribution in [2.45, 2.75) is 19.3 Å². The highest BCUT2D eigenvalue weighted by molar-refractivity contribution is 7.20. The van der Waals surface area contributed by atoms with E-state index >= 15 is 0 Å². The summed E-state index contributed by atoms with van der Waals surface area (Å²) in [7, 11) is 0. The maximum absolute atomic E-state index is 5.45. The van der Waals surface area contributed by atoms with Crippen molar-refractivity contribution in [2.75, 3.05) is 49.6 Å². The van der Waals surface area contributed by atoms with Crippen LogP contribution in [0.25, 0.3) is 10.4 Å². The van der Waals surface area contributed by atoms with Gasteiger partial charge in [0, 0.05) is 43.0 Å². The molecule has 148 valence electrons. The molecule has 4 heterocycles. The quantitative estimate of drug-likeness (QED) is 0.721. The molecule has 0 spiro atoms. The highest BCUT2D eigenvalue weighted by Crippen LogP contribution is 2.46. The fourth-order valence-electron chi connectivity index (χ4n) is 4.12. The third-order valence-electron chi connectivity index (χ3n) is 5.63. The van der Waals surface area contributed by atoms with Crippen molar-refractivity contribution in [3.8, 4) is 10.4 Å². The molecule has 28 heavy (non-hydrogen) atoms. The Labute approximate surface area is 170 Å². The molecule has 1 aromatic carbocycles. The summed E-state index contributed by atoms with van der Waals surface area (Å²) in [6.45, 7) is 7.94. The van der Waals surface area contributed by atoms with Crippen LogP contribution >= 0.6 is 11.3 Å². The van der Waals surface area contributed by atoms with Crippen LogP contribution in [0.2, 0.25) is 0 Å². The molecule has 0 bridgehead atoms. The van der Waals surface area contributed by atoms with Crippen molar-refractivity contribution in [1.29, 1.82) is 0 Å². The number of morpholine rings is 1. The van der Waals surface area contributed by atoms with Gasteiger partial charge < -0.3 is 20.3 Å². The van der Waals surface area contributed by atoms with E-state index in [1.165, 1.54) is 26.8 Å². The Morgan fingerprint density at radius 1 is 1.21 bits per heavy atom. The molecule has 7 heteroatoms.